The van der Waals surface area contributed by atoms with E-state index in [1.807, 2.05) is 13.2 Å². The van der Waals surface area contributed by atoms with Crippen LogP contribution in [0.3, 0.4) is 0 Å². The molecule has 0 radical (unpaired) electrons. The van der Waals surface area contributed by atoms with Gasteiger partial charge in [0.2, 0.25) is 0 Å². The molecule has 2 rings (SSSR count). The predicted octanol–water partition coefficient (Wildman–Crippen LogP) is 4.38. The molecule has 1 amide bonds. The Kier molecular flexibility index (Phi) is 4.47. The Morgan fingerprint density at radius 3 is 2.68 bits per heavy atom. The van der Waals surface area contributed by atoms with Gasteiger partial charge in [-0.15, -0.1) is 11.3 Å². The molecular formula is C12H13Br2N3OS. The number of hydrogen-bond acceptors (Lipinski definition) is 3. The van der Waals surface area contributed by atoms with E-state index in [4.69, 9.17) is 0 Å². The molecule has 2 heterocycles. The summed E-state index contributed by atoms with van der Waals surface area (Å²) in [6, 6.07) is 1.80. The molecule has 0 saturated heterocycles. The maximum atomic E-state index is 12.2. The van der Waals surface area contributed by atoms with Crippen LogP contribution >= 0.6 is 43.2 Å². The molecule has 2 aromatic heterocycles. The molecule has 0 aliphatic carbocycles. The molecule has 0 aliphatic rings. The number of anilines is 1. The smallest absolute Gasteiger partial charge is 0.265 e. The number of aryl methyl sites for hydroxylation is 1. The standard InChI is InChI=1S/C12H13Br2N3OS/c1-6(2)10-8(5-17(3)16-10)15-12(18)9-4-7(13)11(14)19-9/h4-6H,1-3H3,(H,15,18). The van der Waals surface area contributed by atoms with Crippen molar-refractivity contribution in [2.45, 2.75) is 19.8 Å². The number of halogens is 2. The van der Waals surface area contributed by atoms with E-state index in [1.54, 1.807) is 10.7 Å². The molecule has 1 N–H and O–H groups in total. The van der Waals surface area contributed by atoms with Gasteiger partial charge >= 0.3 is 0 Å². The van der Waals surface area contributed by atoms with Crippen LogP contribution in [0.1, 0.15) is 35.1 Å². The maximum absolute atomic E-state index is 12.2. The topological polar surface area (TPSA) is 46.9 Å². The highest BCUT2D eigenvalue weighted by Gasteiger charge is 2.17. The van der Waals surface area contributed by atoms with Crippen molar-refractivity contribution in [3.8, 4) is 0 Å². The molecule has 2 aromatic rings. The number of nitrogens with one attached hydrogen (secondary N) is 1. The van der Waals surface area contributed by atoms with Gasteiger partial charge in [-0.1, -0.05) is 13.8 Å². The quantitative estimate of drug-likeness (QED) is 0.821. The van der Waals surface area contributed by atoms with Crippen molar-refractivity contribution in [2.75, 3.05) is 5.32 Å². The molecular weight excluding hydrogens is 394 g/mol. The molecule has 0 aliphatic heterocycles. The molecule has 0 atom stereocenters. The summed E-state index contributed by atoms with van der Waals surface area (Å²) in [5.41, 5.74) is 1.66. The van der Waals surface area contributed by atoms with Crippen molar-refractivity contribution >= 4 is 54.8 Å². The van der Waals surface area contributed by atoms with Crippen molar-refractivity contribution in [2.24, 2.45) is 7.05 Å². The second-order valence-corrected chi connectivity index (χ2v) is 7.67. The van der Waals surface area contributed by atoms with E-state index < -0.39 is 0 Å². The van der Waals surface area contributed by atoms with Crippen LogP contribution in [0.2, 0.25) is 0 Å². The first-order valence-corrected chi connectivity index (χ1v) is 8.08. The zero-order chi connectivity index (χ0) is 14.2. The summed E-state index contributed by atoms with van der Waals surface area (Å²) in [4.78, 5) is 12.8. The Morgan fingerprint density at radius 1 is 1.47 bits per heavy atom. The van der Waals surface area contributed by atoms with Crippen LogP contribution in [0.5, 0.6) is 0 Å². The summed E-state index contributed by atoms with van der Waals surface area (Å²) in [5.74, 6) is 0.143. The summed E-state index contributed by atoms with van der Waals surface area (Å²) < 4.78 is 3.51. The monoisotopic (exact) mass is 405 g/mol. The van der Waals surface area contributed by atoms with Gasteiger partial charge in [0.15, 0.2) is 0 Å². The molecule has 19 heavy (non-hydrogen) atoms. The molecule has 4 nitrogen and oxygen atoms in total. The minimum Gasteiger partial charge on any atom is -0.318 e. The highest BCUT2D eigenvalue weighted by atomic mass is 79.9. The van der Waals surface area contributed by atoms with E-state index in [1.165, 1.54) is 11.3 Å². The lowest BCUT2D eigenvalue weighted by Gasteiger charge is -2.05. The summed E-state index contributed by atoms with van der Waals surface area (Å²) >= 11 is 8.16. The zero-order valence-electron chi connectivity index (χ0n) is 10.7. The fourth-order valence-corrected chi connectivity index (χ4v) is 3.60. The predicted molar refractivity (Wildman–Crippen MR) is 85.0 cm³/mol. The van der Waals surface area contributed by atoms with E-state index in [0.717, 1.165) is 19.6 Å². The van der Waals surface area contributed by atoms with Gasteiger partial charge in [-0.25, -0.2) is 0 Å². The van der Waals surface area contributed by atoms with Crippen molar-refractivity contribution < 1.29 is 4.79 Å². The van der Waals surface area contributed by atoms with Crippen LogP contribution in [-0.2, 0) is 7.05 Å². The largest absolute Gasteiger partial charge is 0.318 e. The number of carbonyl (C=O) groups is 1. The van der Waals surface area contributed by atoms with E-state index in [2.05, 4.69) is 56.1 Å². The lowest BCUT2D eigenvalue weighted by molar-refractivity contribution is 0.103. The molecule has 0 bridgehead atoms. The second-order valence-electron chi connectivity index (χ2n) is 4.44. The highest BCUT2D eigenvalue weighted by Crippen LogP contribution is 2.33. The normalized spacial score (nSPS) is 11.1. The van der Waals surface area contributed by atoms with Crippen LogP contribution in [0.25, 0.3) is 0 Å². The number of rotatable bonds is 3. The van der Waals surface area contributed by atoms with Gasteiger partial charge < -0.3 is 5.32 Å². The average Bonchev–Trinajstić information content (AvgIpc) is 2.83. The lowest BCUT2D eigenvalue weighted by Crippen LogP contribution is -2.11. The average molecular weight is 407 g/mol. The van der Waals surface area contributed by atoms with Crippen LogP contribution in [0.4, 0.5) is 5.69 Å². The lowest BCUT2D eigenvalue weighted by atomic mass is 10.1. The number of hydrogen-bond donors (Lipinski definition) is 1. The molecule has 0 fully saturated rings. The summed E-state index contributed by atoms with van der Waals surface area (Å²) in [5, 5.41) is 7.28. The van der Waals surface area contributed by atoms with Crippen molar-refractivity contribution in [3.05, 3.63) is 31.1 Å². The number of amides is 1. The van der Waals surface area contributed by atoms with Crippen molar-refractivity contribution in [1.29, 1.82) is 0 Å². The van der Waals surface area contributed by atoms with E-state index in [-0.39, 0.29) is 11.8 Å². The fourth-order valence-electron chi connectivity index (χ4n) is 1.67. The Balaban J connectivity index is 2.23. The van der Waals surface area contributed by atoms with Gasteiger partial charge in [0.05, 0.1) is 20.0 Å². The molecule has 0 saturated carbocycles. The molecule has 0 spiro atoms. The second kappa shape index (κ2) is 5.76. The number of nitrogens with zero attached hydrogens (tertiary/aromatic N) is 2. The molecule has 7 heteroatoms. The Bertz CT molecular complexity index is 599. The third kappa shape index (κ3) is 3.27. The summed E-state index contributed by atoms with van der Waals surface area (Å²) in [6.07, 6.45) is 1.82. The van der Waals surface area contributed by atoms with Crippen molar-refractivity contribution in [1.82, 2.24) is 9.78 Å². The first-order chi connectivity index (χ1) is 8.88. The van der Waals surface area contributed by atoms with Crippen molar-refractivity contribution in [3.63, 3.8) is 0 Å². The summed E-state index contributed by atoms with van der Waals surface area (Å²) in [6.45, 7) is 4.10. The first-order valence-electron chi connectivity index (χ1n) is 5.68. The zero-order valence-corrected chi connectivity index (χ0v) is 14.7. The fraction of sp³-hybridized carbons (Fsp3) is 0.333. The van der Waals surface area contributed by atoms with Gasteiger partial charge in [-0.3, -0.25) is 9.48 Å². The SMILES string of the molecule is CC(C)c1nn(C)cc1NC(=O)c1cc(Br)c(Br)s1. The van der Waals surface area contributed by atoms with Gasteiger partial charge in [-0.2, -0.15) is 5.10 Å². The van der Waals surface area contributed by atoms with E-state index in [0.29, 0.717) is 4.88 Å². The van der Waals surface area contributed by atoms with Crippen LogP contribution in [0.15, 0.2) is 20.5 Å². The van der Waals surface area contributed by atoms with Crippen LogP contribution in [-0.4, -0.2) is 15.7 Å². The van der Waals surface area contributed by atoms with Gasteiger partial charge in [0, 0.05) is 17.7 Å². The Hall–Kier alpha value is -0.660. The minimum atomic E-state index is -0.119. The number of aromatic nitrogens is 2. The number of thiophene rings is 1. The first kappa shape index (κ1) is 14.7. The van der Waals surface area contributed by atoms with Gasteiger partial charge in [-0.05, 0) is 43.8 Å². The van der Waals surface area contributed by atoms with Crippen LogP contribution < -0.4 is 5.32 Å². The molecule has 0 aromatic carbocycles. The van der Waals surface area contributed by atoms with E-state index >= 15 is 0 Å². The number of carbonyl (C=O) groups excluding carboxylic acids is 1. The Labute approximate surface area is 132 Å². The Morgan fingerprint density at radius 2 is 2.16 bits per heavy atom. The summed E-state index contributed by atoms with van der Waals surface area (Å²) in [7, 11) is 1.85. The third-order valence-corrected chi connectivity index (χ3v) is 5.78. The van der Waals surface area contributed by atoms with Gasteiger partial charge in [0.25, 0.3) is 5.91 Å². The highest BCUT2D eigenvalue weighted by molar-refractivity contribution is 9.13. The molecule has 0 unspecified atom stereocenters. The van der Waals surface area contributed by atoms with Gasteiger partial charge in [0.1, 0.15) is 0 Å². The maximum Gasteiger partial charge on any atom is 0.265 e. The van der Waals surface area contributed by atoms with E-state index in [9.17, 15) is 4.79 Å². The molecule has 102 valence electrons. The third-order valence-electron chi connectivity index (χ3n) is 2.52. The van der Waals surface area contributed by atoms with Crippen LogP contribution in [0, 0.1) is 0 Å². The minimum absolute atomic E-state index is 0.119.